The molecule has 28 heavy (non-hydrogen) atoms. The average Bonchev–Trinajstić information content (AvgIpc) is 2.66. The molecule has 0 radical (unpaired) electrons. The molecule has 0 bridgehead atoms. The number of ether oxygens (including phenoxy) is 1. The summed E-state index contributed by atoms with van der Waals surface area (Å²) in [5.41, 5.74) is 2.90. The van der Waals surface area contributed by atoms with E-state index in [2.05, 4.69) is 10.6 Å². The third-order valence-corrected chi connectivity index (χ3v) is 4.32. The number of amides is 1. The van der Waals surface area contributed by atoms with Gasteiger partial charge in [-0.15, -0.1) is 0 Å². The van der Waals surface area contributed by atoms with Crippen molar-refractivity contribution in [3.05, 3.63) is 76.0 Å². The van der Waals surface area contributed by atoms with Crippen LogP contribution in [0, 0.1) is 18.3 Å². The van der Waals surface area contributed by atoms with Crippen molar-refractivity contribution < 1.29 is 9.53 Å². The third-order valence-electron chi connectivity index (χ3n) is 4.09. The van der Waals surface area contributed by atoms with Crippen LogP contribution >= 0.6 is 11.6 Å². The van der Waals surface area contributed by atoms with Crippen molar-refractivity contribution in [2.75, 3.05) is 6.61 Å². The smallest absolute Gasteiger partial charge is 0.263 e. The summed E-state index contributed by atoms with van der Waals surface area (Å²) in [5, 5.41) is 15.8. The summed E-state index contributed by atoms with van der Waals surface area (Å²) in [6.07, 6.45) is 1.42. The lowest BCUT2D eigenvalue weighted by molar-refractivity contribution is -0.117. The Morgan fingerprint density at radius 3 is 2.79 bits per heavy atom. The lowest BCUT2D eigenvalue weighted by Gasteiger charge is -2.18. The van der Waals surface area contributed by atoms with Gasteiger partial charge in [0.25, 0.3) is 5.91 Å². The Labute approximate surface area is 171 Å². The van der Waals surface area contributed by atoms with E-state index in [-0.39, 0.29) is 11.6 Å². The first kappa shape index (κ1) is 21.3. The molecule has 1 atom stereocenters. The van der Waals surface area contributed by atoms with Gasteiger partial charge in [0.1, 0.15) is 17.4 Å². The van der Waals surface area contributed by atoms with Crippen LogP contribution < -0.4 is 15.4 Å². The molecule has 0 aliphatic carbocycles. The summed E-state index contributed by atoms with van der Waals surface area (Å²) >= 11 is 5.96. The number of nitriles is 1. The van der Waals surface area contributed by atoms with Gasteiger partial charge in [-0.25, -0.2) is 0 Å². The van der Waals surface area contributed by atoms with Gasteiger partial charge in [-0.2, -0.15) is 5.26 Å². The van der Waals surface area contributed by atoms with Crippen LogP contribution in [0.2, 0.25) is 5.02 Å². The van der Waals surface area contributed by atoms with Crippen molar-refractivity contribution in [1.29, 1.82) is 5.26 Å². The summed E-state index contributed by atoms with van der Waals surface area (Å²) in [6, 6.07) is 14.8. The second kappa shape index (κ2) is 10.4. The molecule has 2 aromatic carbocycles. The van der Waals surface area contributed by atoms with E-state index in [1.54, 1.807) is 6.07 Å². The molecule has 0 spiro atoms. The Bertz CT molecular complexity index is 903. The van der Waals surface area contributed by atoms with Crippen molar-refractivity contribution in [3.8, 4) is 11.8 Å². The van der Waals surface area contributed by atoms with Crippen molar-refractivity contribution in [2.45, 2.75) is 33.4 Å². The van der Waals surface area contributed by atoms with Gasteiger partial charge in [-0.05, 0) is 44.5 Å². The van der Waals surface area contributed by atoms with E-state index in [0.717, 1.165) is 22.4 Å². The van der Waals surface area contributed by atoms with Crippen LogP contribution in [0.25, 0.3) is 0 Å². The average molecular weight is 398 g/mol. The van der Waals surface area contributed by atoms with Crippen molar-refractivity contribution >= 4 is 17.5 Å². The molecule has 1 unspecified atom stereocenters. The van der Waals surface area contributed by atoms with Crippen LogP contribution in [0.1, 0.15) is 36.6 Å². The number of nitrogens with zero attached hydrogens (tertiary/aromatic N) is 1. The SMILES string of the molecule is CCOc1ccc(C)cc1C(C)NC(=O)/C(C#N)=C\NCc1cccc(Cl)c1. The molecule has 2 aromatic rings. The summed E-state index contributed by atoms with van der Waals surface area (Å²) < 4.78 is 5.65. The van der Waals surface area contributed by atoms with Crippen molar-refractivity contribution in [3.63, 3.8) is 0 Å². The highest BCUT2D eigenvalue weighted by Gasteiger charge is 2.17. The monoisotopic (exact) mass is 397 g/mol. The first-order chi connectivity index (χ1) is 13.4. The number of carbonyl (C=O) groups is 1. The number of nitrogens with one attached hydrogen (secondary N) is 2. The van der Waals surface area contributed by atoms with Gasteiger partial charge < -0.3 is 15.4 Å². The van der Waals surface area contributed by atoms with Crippen molar-refractivity contribution in [1.82, 2.24) is 10.6 Å². The highest BCUT2D eigenvalue weighted by atomic mass is 35.5. The fourth-order valence-corrected chi connectivity index (χ4v) is 2.92. The highest BCUT2D eigenvalue weighted by Crippen LogP contribution is 2.26. The summed E-state index contributed by atoms with van der Waals surface area (Å²) in [6.45, 7) is 6.75. The second-order valence-corrected chi connectivity index (χ2v) is 6.79. The third kappa shape index (κ3) is 6.04. The minimum Gasteiger partial charge on any atom is -0.494 e. The van der Waals surface area contributed by atoms with Gasteiger partial charge in [0.2, 0.25) is 0 Å². The molecule has 0 heterocycles. The molecule has 1 amide bonds. The fourth-order valence-electron chi connectivity index (χ4n) is 2.71. The summed E-state index contributed by atoms with van der Waals surface area (Å²) in [4.78, 5) is 12.5. The molecule has 0 aliphatic heterocycles. The normalized spacial score (nSPS) is 12.0. The van der Waals surface area contributed by atoms with Gasteiger partial charge in [0.15, 0.2) is 0 Å². The molecular formula is C22H24ClN3O2. The Morgan fingerprint density at radius 1 is 1.32 bits per heavy atom. The molecule has 0 fully saturated rings. The number of aryl methyl sites for hydroxylation is 1. The fraction of sp³-hybridized carbons (Fsp3) is 0.273. The summed E-state index contributed by atoms with van der Waals surface area (Å²) in [7, 11) is 0. The number of hydrogen-bond donors (Lipinski definition) is 2. The maximum Gasteiger partial charge on any atom is 0.263 e. The van der Waals surface area contributed by atoms with E-state index in [1.807, 2.05) is 63.2 Å². The van der Waals surface area contributed by atoms with Gasteiger partial charge in [-0.1, -0.05) is 41.4 Å². The van der Waals surface area contributed by atoms with Crippen molar-refractivity contribution in [2.24, 2.45) is 0 Å². The molecule has 0 aliphatic rings. The Hall–Kier alpha value is -2.97. The topological polar surface area (TPSA) is 74.1 Å². The Morgan fingerprint density at radius 2 is 2.11 bits per heavy atom. The summed E-state index contributed by atoms with van der Waals surface area (Å²) in [5.74, 6) is 0.278. The molecule has 0 aromatic heterocycles. The van der Waals surface area contributed by atoms with Crippen LogP contribution in [0.5, 0.6) is 5.75 Å². The number of carbonyl (C=O) groups excluding carboxylic acids is 1. The zero-order valence-electron chi connectivity index (χ0n) is 16.3. The van der Waals surface area contributed by atoms with E-state index < -0.39 is 5.91 Å². The van der Waals surface area contributed by atoms with Gasteiger partial charge in [-0.3, -0.25) is 4.79 Å². The largest absolute Gasteiger partial charge is 0.494 e. The molecule has 0 saturated heterocycles. The first-order valence-electron chi connectivity index (χ1n) is 9.07. The van der Waals surface area contributed by atoms with E-state index in [1.165, 1.54) is 6.20 Å². The maximum absolute atomic E-state index is 12.5. The highest BCUT2D eigenvalue weighted by molar-refractivity contribution is 6.30. The van der Waals surface area contributed by atoms with Gasteiger partial charge in [0.05, 0.1) is 12.6 Å². The second-order valence-electron chi connectivity index (χ2n) is 6.35. The minimum atomic E-state index is -0.447. The van der Waals surface area contributed by atoms with E-state index in [9.17, 15) is 10.1 Å². The van der Waals surface area contributed by atoms with Gasteiger partial charge >= 0.3 is 0 Å². The van der Waals surface area contributed by atoms with Gasteiger partial charge in [0, 0.05) is 23.3 Å². The zero-order valence-corrected chi connectivity index (χ0v) is 17.0. The molecule has 2 N–H and O–H groups in total. The van der Waals surface area contributed by atoms with Crippen LogP contribution in [0.4, 0.5) is 0 Å². The maximum atomic E-state index is 12.5. The van der Waals surface area contributed by atoms with E-state index in [0.29, 0.717) is 18.2 Å². The lowest BCUT2D eigenvalue weighted by atomic mass is 10.0. The standard InChI is InChI=1S/C22H24ClN3O2/c1-4-28-21-9-8-15(2)10-20(21)16(3)26-22(27)18(12-24)14-25-13-17-6-5-7-19(23)11-17/h5-11,14,16,25H,4,13H2,1-3H3,(H,26,27)/b18-14-. The van der Waals surface area contributed by atoms with Crippen LogP contribution in [-0.2, 0) is 11.3 Å². The van der Waals surface area contributed by atoms with E-state index in [4.69, 9.17) is 16.3 Å². The van der Waals surface area contributed by atoms with E-state index >= 15 is 0 Å². The molecule has 146 valence electrons. The predicted molar refractivity (Wildman–Crippen MR) is 111 cm³/mol. The first-order valence-corrected chi connectivity index (χ1v) is 9.44. The van der Waals surface area contributed by atoms with Crippen LogP contribution in [0.3, 0.4) is 0 Å². The lowest BCUT2D eigenvalue weighted by Crippen LogP contribution is -2.29. The zero-order chi connectivity index (χ0) is 20.5. The molecule has 6 heteroatoms. The molecule has 5 nitrogen and oxygen atoms in total. The quantitative estimate of drug-likeness (QED) is 0.510. The minimum absolute atomic E-state index is 0.000471. The number of benzene rings is 2. The Kier molecular flexibility index (Phi) is 7.91. The van der Waals surface area contributed by atoms with Crippen LogP contribution in [-0.4, -0.2) is 12.5 Å². The number of rotatable bonds is 8. The molecular weight excluding hydrogens is 374 g/mol. The van der Waals surface area contributed by atoms with Crippen LogP contribution in [0.15, 0.2) is 54.2 Å². The molecule has 0 saturated carbocycles. The number of halogens is 1. The predicted octanol–water partition coefficient (Wildman–Crippen LogP) is 4.42. The number of hydrogen-bond acceptors (Lipinski definition) is 4. The Balaban J connectivity index is 2.05. The molecule has 2 rings (SSSR count).